The fraction of sp³-hybridized carbons (Fsp3) is 0.154. The van der Waals surface area contributed by atoms with Crippen LogP contribution in [0.4, 0.5) is 0 Å². The molecule has 0 fully saturated rings. The van der Waals surface area contributed by atoms with Crippen LogP contribution in [0.25, 0.3) is 11.0 Å². The smallest absolute Gasteiger partial charge is 0.323 e. The quantitative estimate of drug-likeness (QED) is 0.773. The first-order chi connectivity index (χ1) is 9.99. The van der Waals surface area contributed by atoms with Gasteiger partial charge in [0.15, 0.2) is 0 Å². The normalized spacial score (nSPS) is 10.3. The van der Waals surface area contributed by atoms with E-state index in [0.29, 0.717) is 11.0 Å². The number of nitrogens with two attached hydrogens (primary N) is 1. The number of carbonyl (C=O) groups excluding carboxylic acids is 2. The van der Waals surface area contributed by atoms with Crippen molar-refractivity contribution in [3.05, 3.63) is 36.2 Å². The summed E-state index contributed by atoms with van der Waals surface area (Å²) in [6.07, 6.45) is 2.91. The van der Waals surface area contributed by atoms with E-state index in [-0.39, 0.29) is 5.56 Å². The summed E-state index contributed by atoms with van der Waals surface area (Å²) in [5.41, 5.74) is 6.05. The minimum atomic E-state index is -1.24. The fourth-order valence-electron chi connectivity index (χ4n) is 1.89. The van der Waals surface area contributed by atoms with Crippen LogP contribution in [0.5, 0.6) is 0 Å². The summed E-state index contributed by atoms with van der Waals surface area (Å²) in [5.74, 6) is -2.67. The highest BCUT2D eigenvalue weighted by Crippen LogP contribution is 2.15. The van der Waals surface area contributed by atoms with E-state index in [1.165, 1.54) is 18.5 Å². The molecular weight excluding hydrogens is 276 g/mol. The van der Waals surface area contributed by atoms with Crippen molar-refractivity contribution in [2.75, 3.05) is 13.1 Å². The summed E-state index contributed by atoms with van der Waals surface area (Å²) in [7, 11) is 0. The minimum Gasteiger partial charge on any atom is -0.480 e. The molecule has 108 valence electrons. The summed E-state index contributed by atoms with van der Waals surface area (Å²) in [4.78, 5) is 43.2. The number of carboxylic acid groups (broad SMARTS) is 1. The lowest BCUT2D eigenvalue weighted by atomic mass is 10.1. The van der Waals surface area contributed by atoms with Crippen LogP contribution >= 0.6 is 0 Å². The highest BCUT2D eigenvalue weighted by Gasteiger charge is 2.22. The van der Waals surface area contributed by atoms with Crippen LogP contribution in [-0.2, 0) is 9.59 Å². The third-order valence-corrected chi connectivity index (χ3v) is 2.69. The summed E-state index contributed by atoms with van der Waals surface area (Å²) < 4.78 is 0. The molecule has 0 unspecified atom stereocenters. The lowest BCUT2D eigenvalue weighted by molar-refractivity contribution is -0.138. The summed E-state index contributed by atoms with van der Waals surface area (Å²) >= 11 is 0. The van der Waals surface area contributed by atoms with E-state index in [1.54, 1.807) is 12.1 Å². The predicted molar refractivity (Wildman–Crippen MR) is 72.3 cm³/mol. The molecule has 1 aromatic heterocycles. The largest absolute Gasteiger partial charge is 0.480 e. The molecule has 8 heteroatoms. The average molecular weight is 288 g/mol. The predicted octanol–water partition coefficient (Wildman–Crippen LogP) is -0.358. The fourth-order valence-corrected chi connectivity index (χ4v) is 1.89. The zero-order valence-electron chi connectivity index (χ0n) is 10.9. The molecule has 0 aliphatic carbocycles. The first-order valence-electron chi connectivity index (χ1n) is 5.98. The van der Waals surface area contributed by atoms with E-state index in [0.717, 1.165) is 4.90 Å². The number of aliphatic carboxylic acids is 1. The number of hydrogen-bond acceptors (Lipinski definition) is 5. The molecule has 2 aromatic rings. The van der Waals surface area contributed by atoms with E-state index in [4.69, 9.17) is 10.8 Å². The number of hydrogen-bond donors (Lipinski definition) is 2. The number of rotatable bonds is 5. The van der Waals surface area contributed by atoms with Gasteiger partial charge in [0.05, 0.1) is 11.1 Å². The van der Waals surface area contributed by atoms with Gasteiger partial charge in [-0.1, -0.05) is 6.07 Å². The third-order valence-electron chi connectivity index (χ3n) is 2.69. The molecule has 2 amide bonds. The van der Waals surface area contributed by atoms with Gasteiger partial charge < -0.3 is 15.7 Å². The topological polar surface area (TPSA) is 126 Å². The maximum Gasteiger partial charge on any atom is 0.323 e. The van der Waals surface area contributed by atoms with Crippen LogP contribution in [0.15, 0.2) is 30.6 Å². The van der Waals surface area contributed by atoms with Crippen molar-refractivity contribution < 1.29 is 19.5 Å². The zero-order valence-corrected chi connectivity index (χ0v) is 10.9. The van der Waals surface area contributed by atoms with Gasteiger partial charge in [-0.05, 0) is 12.1 Å². The number of carbonyl (C=O) groups is 3. The van der Waals surface area contributed by atoms with Crippen molar-refractivity contribution in [3.63, 3.8) is 0 Å². The maximum absolute atomic E-state index is 12.4. The Balaban J connectivity index is 2.42. The third kappa shape index (κ3) is 3.30. The molecule has 1 aromatic carbocycles. The van der Waals surface area contributed by atoms with Crippen molar-refractivity contribution in [1.82, 2.24) is 14.9 Å². The Morgan fingerprint density at radius 1 is 1.14 bits per heavy atom. The van der Waals surface area contributed by atoms with Crippen LogP contribution < -0.4 is 5.73 Å². The van der Waals surface area contributed by atoms with Gasteiger partial charge in [-0.3, -0.25) is 24.4 Å². The van der Waals surface area contributed by atoms with Crippen LogP contribution in [0.3, 0.4) is 0 Å². The van der Waals surface area contributed by atoms with E-state index in [2.05, 4.69) is 9.97 Å². The number of carboxylic acids is 1. The van der Waals surface area contributed by atoms with Crippen LogP contribution in [0.2, 0.25) is 0 Å². The Labute approximate surface area is 119 Å². The zero-order chi connectivity index (χ0) is 15.4. The molecule has 0 atom stereocenters. The van der Waals surface area contributed by atoms with Crippen molar-refractivity contribution in [2.24, 2.45) is 5.73 Å². The molecular formula is C13H12N4O4. The number of para-hydroxylation sites is 1. The van der Waals surface area contributed by atoms with Crippen molar-refractivity contribution >= 4 is 28.8 Å². The van der Waals surface area contributed by atoms with Crippen LogP contribution in [0.1, 0.15) is 10.4 Å². The summed E-state index contributed by atoms with van der Waals surface area (Å²) in [5, 5.41) is 8.83. The Morgan fingerprint density at radius 2 is 1.86 bits per heavy atom. The molecule has 2 rings (SSSR count). The maximum atomic E-state index is 12.4. The Morgan fingerprint density at radius 3 is 2.52 bits per heavy atom. The lowest BCUT2D eigenvalue weighted by Crippen LogP contribution is -2.41. The number of benzene rings is 1. The molecule has 1 heterocycles. The first kappa shape index (κ1) is 14.4. The number of nitrogens with zero attached hydrogens (tertiary/aromatic N) is 3. The van der Waals surface area contributed by atoms with Gasteiger partial charge in [-0.25, -0.2) is 0 Å². The van der Waals surface area contributed by atoms with Gasteiger partial charge in [0, 0.05) is 12.4 Å². The van der Waals surface area contributed by atoms with Gasteiger partial charge in [0.25, 0.3) is 5.91 Å². The number of aromatic nitrogens is 2. The van der Waals surface area contributed by atoms with Crippen molar-refractivity contribution in [2.45, 2.75) is 0 Å². The Kier molecular flexibility index (Phi) is 4.07. The van der Waals surface area contributed by atoms with E-state index in [1.807, 2.05) is 0 Å². The van der Waals surface area contributed by atoms with Crippen LogP contribution in [0, 0.1) is 0 Å². The van der Waals surface area contributed by atoms with E-state index < -0.39 is 30.9 Å². The lowest BCUT2D eigenvalue weighted by Gasteiger charge is -2.19. The molecule has 0 bridgehead atoms. The van der Waals surface area contributed by atoms with Gasteiger partial charge in [-0.2, -0.15) is 0 Å². The van der Waals surface area contributed by atoms with Gasteiger partial charge in [-0.15, -0.1) is 0 Å². The molecule has 0 saturated carbocycles. The first-order valence-corrected chi connectivity index (χ1v) is 5.98. The SMILES string of the molecule is NC(=O)CN(CC(=O)O)C(=O)c1cccc2nccnc12. The molecule has 3 N–H and O–H groups in total. The van der Waals surface area contributed by atoms with Gasteiger partial charge in [0.1, 0.15) is 18.6 Å². The van der Waals surface area contributed by atoms with Gasteiger partial charge in [0.2, 0.25) is 5.91 Å². The second-order valence-corrected chi connectivity index (χ2v) is 4.25. The highest BCUT2D eigenvalue weighted by atomic mass is 16.4. The van der Waals surface area contributed by atoms with E-state index >= 15 is 0 Å². The van der Waals surface area contributed by atoms with Crippen molar-refractivity contribution in [3.8, 4) is 0 Å². The summed E-state index contributed by atoms with van der Waals surface area (Å²) in [6.45, 7) is -1.11. The number of primary amides is 1. The summed E-state index contributed by atoms with van der Waals surface area (Å²) in [6, 6.07) is 4.78. The highest BCUT2D eigenvalue weighted by molar-refractivity contribution is 6.06. The van der Waals surface area contributed by atoms with Gasteiger partial charge >= 0.3 is 5.97 Å². The molecule has 0 spiro atoms. The standard InChI is InChI=1S/C13H12N4O4/c14-10(18)6-17(7-11(19)20)13(21)8-2-1-3-9-12(8)16-5-4-15-9/h1-5H,6-7H2,(H2,14,18)(H,19,20). The second kappa shape index (κ2) is 5.95. The molecule has 0 aliphatic rings. The van der Waals surface area contributed by atoms with Crippen molar-refractivity contribution in [1.29, 1.82) is 0 Å². The average Bonchev–Trinajstić information content (AvgIpc) is 2.44. The molecule has 0 radical (unpaired) electrons. The molecule has 21 heavy (non-hydrogen) atoms. The Bertz CT molecular complexity index is 695. The Hall–Kier alpha value is -3.03. The monoisotopic (exact) mass is 288 g/mol. The second-order valence-electron chi connectivity index (χ2n) is 4.25. The minimum absolute atomic E-state index is 0.170. The van der Waals surface area contributed by atoms with Crippen LogP contribution in [-0.4, -0.2) is 50.8 Å². The molecule has 8 nitrogen and oxygen atoms in total. The van der Waals surface area contributed by atoms with E-state index in [9.17, 15) is 14.4 Å². The molecule has 0 aliphatic heterocycles. The molecule has 0 saturated heterocycles. The number of amides is 2. The number of fused-ring (bicyclic) bond motifs is 1.